The number of nitrogen functional groups attached to an aromatic ring is 1. The fraction of sp³-hybridized carbons (Fsp3) is 0.250. The molecule has 38 heavy (non-hydrogen) atoms. The Kier molecular flexibility index (Phi) is 6.55. The lowest BCUT2D eigenvalue weighted by Crippen LogP contribution is -2.41. The maximum atomic E-state index is 15.3. The summed E-state index contributed by atoms with van der Waals surface area (Å²) in [7, 11) is 0. The van der Waals surface area contributed by atoms with E-state index in [1.807, 2.05) is 0 Å². The highest BCUT2D eigenvalue weighted by Crippen LogP contribution is 2.37. The second-order valence-electron chi connectivity index (χ2n) is 8.56. The normalized spacial score (nSPS) is 15.7. The zero-order valence-corrected chi connectivity index (χ0v) is 19.4. The SMILES string of the molecule is Nc1ncnc2c1c(-c1ccc(Oc3c(F)c(F)cc(F)c3F)cc1F)nn2C1CCCN(C(=O)CF)C1. The Bertz CT molecular complexity index is 1540. The third-order valence-electron chi connectivity index (χ3n) is 6.21. The maximum Gasteiger partial charge on any atom is 0.254 e. The summed E-state index contributed by atoms with van der Waals surface area (Å²) in [5.74, 6) is -10.4. The van der Waals surface area contributed by atoms with Gasteiger partial charge in [-0.15, -0.1) is 0 Å². The third kappa shape index (κ3) is 4.35. The van der Waals surface area contributed by atoms with Gasteiger partial charge in [-0.1, -0.05) is 0 Å². The molecule has 4 aromatic rings. The summed E-state index contributed by atoms with van der Waals surface area (Å²) in [5.41, 5.74) is 6.24. The molecule has 0 spiro atoms. The number of carbonyl (C=O) groups is 1. The van der Waals surface area contributed by atoms with Gasteiger partial charge in [-0.05, 0) is 25.0 Å². The van der Waals surface area contributed by atoms with Gasteiger partial charge in [0.25, 0.3) is 5.91 Å². The van der Waals surface area contributed by atoms with Crippen molar-refractivity contribution in [2.45, 2.75) is 18.9 Å². The molecule has 1 aliphatic heterocycles. The van der Waals surface area contributed by atoms with Crippen LogP contribution in [0.15, 0.2) is 30.6 Å². The third-order valence-corrected chi connectivity index (χ3v) is 6.21. The first-order valence-corrected chi connectivity index (χ1v) is 11.3. The van der Waals surface area contributed by atoms with Gasteiger partial charge in [-0.3, -0.25) is 4.79 Å². The lowest BCUT2D eigenvalue weighted by Gasteiger charge is -2.32. The van der Waals surface area contributed by atoms with Crippen LogP contribution in [0.3, 0.4) is 0 Å². The summed E-state index contributed by atoms with van der Waals surface area (Å²) >= 11 is 0. The number of piperidine rings is 1. The number of aromatic nitrogens is 4. The molecule has 1 amide bonds. The zero-order chi connectivity index (χ0) is 27.1. The summed E-state index contributed by atoms with van der Waals surface area (Å²) < 4.78 is 89.6. The van der Waals surface area contributed by atoms with Crippen LogP contribution in [0, 0.1) is 29.1 Å². The number of likely N-dealkylation sites (tertiary alicyclic amines) is 1. The molecule has 1 fully saturated rings. The van der Waals surface area contributed by atoms with Gasteiger partial charge >= 0.3 is 0 Å². The van der Waals surface area contributed by atoms with E-state index < -0.39 is 59.2 Å². The van der Waals surface area contributed by atoms with E-state index in [0.29, 0.717) is 19.4 Å². The van der Waals surface area contributed by atoms with Gasteiger partial charge in [0.2, 0.25) is 17.4 Å². The summed E-state index contributed by atoms with van der Waals surface area (Å²) in [4.78, 5) is 21.4. The fourth-order valence-electron chi connectivity index (χ4n) is 4.41. The predicted molar refractivity (Wildman–Crippen MR) is 122 cm³/mol. The van der Waals surface area contributed by atoms with Gasteiger partial charge in [0.15, 0.2) is 24.0 Å². The first-order chi connectivity index (χ1) is 18.2. The summed E-state index contributed by atoms with van der Waals surface area (Å²) in [6, 6.07) is 2.66. The second-order valence-corrected chi connectivity index (χ2v) is 8.56. The number of ether oxygens (including phenoxy) is 1. The van der Waals surface area contributed by atoms with Crippen molar-refractivity contribution in [1.29, 1.82) is 0 Å². The van der Waals surface area contributed by atoms with Crippen molar-refractivity contribution in [2.75, 3.05) is 25.5 Å². The molecule has 5 rings (SSSR count). The first-order valence-electron chi connectivity index (χ1n) is 11.3. The van der Waals surface area contributed by atoms with E-state index in [1.165, 1.54) is 22.0 Å². The number of nitrogens with two attached hydrogens (primary N) is 1. The average Bonchev–Trinajstić information content (AvgIpc) is 3.30. The minimum Gasteiger partial charge on any atom is -0.451 e. The Morgan fingerprint density at radius 2 is 1.79 bits per heavy atom. The lowest BCUT2D eigenvalue weighted by atomic mass is 10.1. The van der Waals surface area contributed by atoms with Gasteiger partial charge in [0, 0.05) is 30.8 Å². The molecule has 1 aliphatic rings. The quantitative estimate of drug-likeness (QED) is 0.293. The number of halogens is 6. The number of alkyl halides is 1. The van der Waals surface area contributed by atoms with Crippen molar-refractivity contribution in [3.63, 3.8) is 0 Å². The number of amides is 1. The number of hydrogen-bond acceptors (Lipinski definition) is 6. The predicted octanol–water partition coefficient (Wildman–Crippen LogP) is 4.70. The molecule has 2 N–H and O–H groups in total. The highest BCUT2D eigenvalue weighted by molar-refractivity contribution is 5.98. The molecule has 14 heteroatoms. The van der Waals surface area contributed by atoms with Crippen LogP contribution < -0.4 is 10.5 Å². The van der Waals surface area contributed by atoms with Gasteiger partial charge in [-0.2, -0.15) is 13.9 Å². The average molecular weight is 536 g/mol. The molecule has 0 saturated carbocycles. The highest BCUT2D eigenvalue weighted by atomic mass is 19.2. The molecule has 2 aromatic carbocycles. The Balaban J connectivity index is 1.54. The highest BCUT2D eigenvalue weighted by Gasteiger charge is 2.29. The number of fused-ring (bicyclic) bond motifs is 1. The van der Waals surface area contributed by atoms with Crippen LogP contribution >= 0.6 is 0 Å². The number of benzene rings is 2. The molecular weight excluding hydrogens is 518 g/mol. The van der Waals surface area contributed by atoms with Crippen molar-refractivity contribution in [1.82, 2.24) is 24.6 Å². The van der Waals surface area contributed by atoms with Crippen LogP contribution in [0.25, 0.3) is 22.3 Å². The van der Waals surface area contributed by atoms with Crippen molar-refractivity contribution in [3.05, 3.63) is 59.7 Å². The number of carbonyl (C=O) groups excluding carboxylic acids is 1. The number of rotatable bonds is 5. The smallest absolute Gasteiger partial charge is 0.254 e. The molecule has 3 heterocycles. The van der Waals surface area contributed by atoms with Crippen LogP contribution in [0.1, 0.15) is 18.9 Å². The summed E-state index contributed by atoms with van der Waals surface area (Å²) in [6.07, 6.45) is 2.34. The topological polar surface area (TPSA) is 99.2 Å². The van der Waals surface area contributed by atoms with E-state index in [-0.39, 0.29) is 40.7 Å². The van der Waals surface area contributed by atoms with Crippen LogP contribution in [-0.4, -0.2) is 50.3 Å². The minimum atomic E-state index is -1.78. The molecule has 1 unspecified atom stereocenters. The van der Waals surface area contributed by atoms with E-state index in [9.17, 15) is 26.7 Å². The van der Waals surface area contributed by atoms with Crippen LogP contribution in [0.5, 0.6) is 11.5 Å². The Morgan fingerprint density at radius 1 is 1.05 bits per heavy atom. The fourth-order valence-corrected chi connectivity index (χ4v) is 4.41. The van der Waals surface area contributed by atoms with Crippen LogP contribution in [0.2, 0.25) is 0 Å². The lowest BCUT2D eigenvalue weighted by molar-refractivity contribution is -0.133. The van der Waals surface area contributed by atoms with E-state index in [2.05, 4.69) is 15.1 Å². The summed E-state index contributed by atoms with van der Waals surface area (Å²) in [6.45, 7) is -0.600. The standard InChI is InChI=1S/C24H18F6N6O2/c25-8-17(37)35-5-1-2-11(9-35)36-24-18(23(31)32-10-33-24)21(34-36)13-4-3-12(6-14(13)26)38-22-19(29)15(27)7-16(28)20(22)30/h3-4,6-7,10-11H,1-2,5,8-9H2,(H2,31,32,33). The first kappa shape index (κ1) is 25.3. The van der Waals surface area contributed by atoms with E-state index in [4.69, 9.17) is 10.5 Å². The van der Waals surface area contributed by atoms with Crippen molar-refractivity contribution in [3.8, 4) is 22.8 Å². The van der Waals surface area contributed by atoms with E-state index in [0.717, 1.165) is 12.1 Å². The Morgan fingerprint density at radius 3 is 2.47 bits per heavy atom. The molecule has 2 aromatic heterocycles. The number of hydrogen-bond donors (Lipinski definition) is 1. The molecule has 0 radical (unpaired) electrons. The molecule has 0 aliphatic carbocycles. The maximum absolute atomic E-state index is 15.3. The van der Waals surface area contributed by atoms with Crippen LogP contribution in [-0.2, 0) is 4.79 Å². The van der Waals surface area contributed by atoms with Crippen molar-refractivity contribution >= 4 is 22.8 Å². The minimum absolute atomic E-state index is 0.0112. The Hall–Kier alpha value is -4.36. The van der Waals surface area contributed by atoms with E-state index in [1.54, 1.807) is 0 Å². The number of nitrogens with zero attached hydrogens (tertiary/aromatic N) is 5. The van der Waals surface area contributed by atoms with Gasteiger partial charge in [-0.25, -0.2) is 32.2 Å². The molecule has 8 nitrogen and oxygen atoms in total. The van der Waals surface area contributed by atoms with Crippen molar-refractivity contribution in [2.24, 2.45) is 0 Å². The molecule has 1 saturated heterocycles. The molecular formula is C24H18F6N6O2. The molecule has 1 atom stereocenters. The van der Waals surface area contributed by atoms with Gasteiger partial charge in [0.05, 0.1) is 11.4 Å². The summed E-state index contributed by atoms with van der Waals surface area (Å²) in [5, 5.41) is 4.70. The van der Waals surface area contributed by atoms with Crippen molar-refractivity contribution < 1.29 is 35.9 Å². The van der Waals surface area contributed by atoms with E-state index >= 15 is 4.39 Å². The van der Waals surface area contributed by atoms with Gasteiger partial charge in [0.1, 0.15) is 29.4 Å². The second kappa shape index (κ2) is 9.84. The van der Waals surface area contributed by atoms with Gasteiger partial charge < -0.3 is 15.4 Å². The number of anilines is 1. The van der Waals surface area contributed by atoms with Crippen LogP contribution in [0.4, 0.5) is 32.2 Å². The molecule has 0 bridgehead atoms. The Labute approximate surface area is 210 Å². The zero-order valence-electron chi connectivity index (χ0n) is 19.4. The largest absolute Gasteiger partial charge is 0.451 e. The monoisotopic (exact) mass is 536 g/mol. The molecule has 198 valence electrons.